The molecule has 2 atom stereocenters. The van der Waals surface area contributed by atoms with Crippen molar-refractivity contribution in [1.82, 2.24) is 0 Å². The first kappa shape index (κ1) is 7.74. The third-order valence-electron chi connectivity index (χ3n) is 3.24. The maximum Gasteiger partial charge on any atom is 0.235 e. The number of hydrogen-bond donors (Lipinski definition) is 1. The lowest BCUT2D eigenvalue weighted by Crippen LogP contribution is -2.21. The molecular weight excluding hydrogens is 178 g/mol. The molecule has 1 fully saturated rings. The van der Waals surface area contributed by atoms with Crippen molar-refractivity contribution in [2.24, 2.45) is 5.92 Å². The zero-order chi connectivity index (χ0) is 9.76. The van der Waals surface area contributed by atoms with Crippen molar-refractivity contribution in [2.45, 2.75) is 11.8 Å². The van der Waals surface area contributed by atoms with Crippen LogP contribution in [0.4, 0.5) is 5.69 Å². The van der Waals surface area contributed by atoms with Crippen LogP contribution in [0, 0.1) is 5.92 Å². The van der Waals surface area contributed by atoms with Gasteiger partial charge in [-0.1, -0.05) is 18.2 Å². The number of aldehydes is 1. The summed E-state index contributed by atoms with van der Waals surface area (Å²) in [6, 6.07) is 7.59. The van der Waals surface area contributed by atoms with E-state index in [0.29, 0.717) is 6.42 Å². The molecule has 1 aromatic carbocycles. The molecule has 3 nitrogen and oxygen atoms in total. The quantitative estimate of drug-likeness (QED) is 0.669. The predicted octanol–water partition coefficient (Wildman–Crippen LogP) is 1.10. The van der Waals surface area contributed by atoms with E-state index in [0.717, 1.165) is 17.5 Å². The summed E-state index contributed by atoms with van der Waals surface area (Å²) >= 11 is 0. The van der Waals surface area contributed by atoms with Gasteiger partial charge in [0.2, 0.25) is 5.91 Å². The van der Waals surface area contributed by atoms with Crippen LogP contribution < -0.4 is 5.32 Å². The fourth-order valence-electron chi connectivity index (χ4n) is 2.36. The van der Waals surface area contributed by atoms with Crippen LogP contribution in [0.15, 0.2) is 24.3 Å². The van der Waals surface area contributed by atoms with Crippen molar-refractivity contribution in [3.05, 3.63) is 29.8 Å². The number of anilines is 1. The van der Waals surface area contributed by atoms with Gasteiger partial charge in [0.15, 0.2) is 0 Å². The Labute approximate surface area is 81.1 Å². The lowest BCUT2D eigenvalue weighted by atomic mass is 9.95. The van der Waals surface area contributed by atoms with Gasteiger partial charge in [-0.05, 0) is 18.1 Å². The monoisotopic (exact) mass is 187 g/mol. The van der Waals surface area contributed by atoms with Crippen molar-refractivity contribution < 1.29 is 9.59 Å². The second-order valence-corrected chi connectivity index (χ2v) is 3.92. The van der Waals surface area contributed by atoms with E-state index in [1.54, 1.807) is 0 Å². The standard InChI is InChI=1S/C11H9NO2/c13-6-7-5-11(7)8-3-1-2-4-9(8)12-10(11)14/h1-4,6-7H,5H2,(H,12,14). The van der Waals surface area contributed by atoms with Crippen molar-refractivity contribution in [2.75, 3.05) is 5.32 Å². The Bertz CT molecular complexity index is 441. The van der Waals surface area contributed by atoms with Crippen LogP contribution in [0.3, 0.4) is 0 Å². The molecule has 1 aromatic rings. The Hall–Kier alpha value is -1.64. The topological polar surface area (TPSA) is 46.2 Å². The Morgan fingerprint density at radius 1 is 1.43 bits per heavy atom. The molecule has 0 aromatic heterocycles. The Kier molecular flexibility index (Phi) is 1.23. The van der Waals surface area contributed by atoms with E-state index in [2.05, 4.69) is 5.32 Å². The third kappa shape index (κ3) is 0.687. The smallest absolute Gasteiger partial charge is 0.235 e. The van der Waals surface area contributed by atoms with E-state index in [1.165, 1.54) is 0 Å². The van der Waals surface area contributed by atoms with Crippen LogP contribution in [0.25, 0.3) is 0 Å². The lowest BCUT2D eigenvalue weighted by molar-refractivity contribution is -0.119. The molecule has 1 spiro atoms. The van der Waals surface area contributed by atoms with Crippen molar-refractivity contribution in [3.63, 3.8) is 0 Å². The van der Waals surface area contributed by atoms with Crippen LogP contribution >= 0.6 is 0 Å². The maximum atomic E-state index is 11.7. The number of fused-ring (bicyclic) bond motifs is 2. The normalized spacial score (nSPS) is 32.6. The molecule has 1 saturated carbocycles. The minimum atomic E-state index is -0.516. The number of carbonyl (C=O) groups is 2. The summed E-state index contributed by atoms with van der Waals surface area (Å²) in [7, 11) is 0. The molecule has 70 valence electrons. The fraction of sp³-hybridized carbons (Fsp3) is 0.273. The zero-order valence-electron chi connectivity index (χ0n) is 7.49. The number of hydrogen-bond acceptors (Lipinski definition) is 2. The molecule has 0 bridgehead atoms. The summed E-state index contributed by atoms with van der Waals surface area (Å²) < 4.78 is 0. The van der Waals surface area contributed by atoms with Gasteiger partial charge in [0.1, 0.15) is 6.29 Å². The van der Waals surface area contributed by atoms with Crippen LogP contribution in [-0.2, 0) is 15.0 Å². The highest BCUT2D eigenvalue weighted by atomic mass is 16.2. The van der Waals surface area contributed by atoms with Gasteiger partial charge in [0.25, 0.3) is 0 Å². The van der Waals surface area contributed by atoms with E-state index in [-0.39, 0.29) is 11.8 Å². The number of amides is 1. The van der Waals surface area contributed by atoms with Gasteiger partial charge in [-0.3, -0.25) is 4.79 Å². The molecule has 14 heavy (non-hydrogen) atoms. The summed E-state index contributed by atoms with van der Waals surface area (Å²) in [5, 5.41) is 2.82. The molecular formula is C11H9NO2. The Morgan fingerprint density at radius 3 is 2.93 bits per heavy atom. The Balaban J connectivity index is 2.17. The van der Waals surface area contributed by atoms with Crippen LogP contribution in [0.1, 0.15) is 12.0 Å². The second-order valence-electron chi connectivity index (χ2n) is 3.92. The number of benzene rings is 1. The van der Waals surface area contributed by atoms with E-state index < -0.39 is 5.41 Å². The molecule has 2 aliphatic rings. The fourth-order valence-corrected chi connectivity index (χ4v) is 2.36. The highest BCUT2D eigenvalue weighted by molar-refractivity contribution is 6.10. The van der Waals surface area contributed by atoms with Crippen molar-refractivity contribution in [3.8, 4) is 0 Å². The molecule has 1 amide bonds. The molecule has 0 saturated heterocycles. The number of carbonyl (C=O) groups excluding carboxylic acids is 2. The lowest BCUT2D eigenvalue weighted by Gasteiger charge is -2.03. The maximum absolute atomic E-state index is 11.7. The average Bonchev–Trinajstić information content (AvgIpc) is 2.87. The first-order chi connectivity index (χ1) is 6.79. The third-order valence-corrected chi connectivity index (χ3v) is 3.24. The molecule has 1 aliphatic carbocycles. The van der Waals surface area contributed by atoms with E-state index >= 15 is 0 Å². The average molecular weight is 187 g/mol. The second kappa shape index (κ2) is 2.23. The number of para-hydroxylation sites is 1. The summed E-state index contributed by atoms with van der Waals surface area (Å²) in [6.45, 7) is 0. The van der Waals surface area contributed by atoms with Gasteiger partial charge in [-0.25, -0.2) is 0 Å². The molecule has 1 aliphatic heterocycles. The van der Waals surface area contributed by atoms with Gasteiger partial charge < -0.3 is 10.1 Å². The molecule has 2 unspecified atom stereocenters. The summed E-state index contributed by atoms with van der Waals surface area (Å²) in [5.41, 5.74) is 1.34. The highest BCUT2D eigenvalue weighted by Crippen LogP contribution is 2.58. The first-order valence-corrected chi connectivity index (χ1v) is 4.65. The summed E-state index contributed by atoms with van der Waals surface area (Å²) in [5.74, 6) is -0.137. The SMILES string of the molecule is O=CC1CC12C(=O)Nc1ccccc12. The largest absolute Gasteiger partial charge is 0.325 e. The van der Waals surface area contributed by atoms with Gasteiger partial charge in [0.05, 0.1) is 5.41 Å². The molecule has 0 radical (unpaired) electrons. The van der Waals surface area contributed by atoms with E-state index in [1.807, 2.05) is 24.3 Å². The van der Waals surface area contributed by atoms with E-state index in [9.17, 15) is 9.59 Å². The van der Waals surface area contributed by atoms with Crippen LogP contribution in [0.2, 0.25) is 0 Å². The van der Waals surface area contributed by atoms with E-state index in [4.69, 9.17) is 0 Å². The minimum absolute atomic E-state index is 0.0178. The summed E-state index contributed by atoms with van der Waals surface area (Å²) in [4.78, 5) is 22.4. The van der Waals surface area contributed by atoms with Crippen LogP contribution in [0.5, 0.6) is 0 Å². The number of nitrogens with one attached hydrogen (secondary N) is 1. The molecule has 3 rings (SSSR count). The van der Waals surface area contributed by atoms with Gasteiger partial charge in [-0.2, -0.15) is 0 Å². The molecule has 1 N–H and O–H groups in total. The summed E-state index contributed by atoms with van der Waals surface area (Å²) in [6.07, 6.45) is 1.56. The number of rotatable bonds is 1. The first-order valence-electron chi connectivity index (χ1n) is 4.65. The van der Waals surface area contributed by atoms with Crippen molar-refractivity contribution >= 4 is 17.9 Å². The van der Waals surface area contributed by atoms with Gasteiger partial charge >= 0.3 is 0 Å². The van der Waals surface area contributed by atoms with Gasteiger partial charge in [0, 0.05) is 11.6 Å². The molecule has 3 heteroatoms. The zero-order valence-corrected chi connectivity index (χ0v) is 7.49. The highest BCUT2D eigenvalue weighted by Gasteiger charge is 2.64. The minimum Gasteiger partial charge on any atom is -0.325 e. The van der Waals surface area contributed by atoms with Crippen LogP contribution in [-0.4, -0.2) is 12.2 Å². The van der Waals surface area contributed by atoms with Gasteiger partial charge in [-0.15, -0.1) is 0 Å². The van der Waals surface area contributed by atoms with Crippen molar-refractivity contribution in [1.29, 1.82) is 0 Å². The molecule has 1 heterocycles. The predicted molar refractivity (Wildman–Crippen MR) is 50.9 cm³/mol. The Morgan fingerprint density at radius 2 is 2.21 bits per heavy atom.